The quantitative estimate of drug-likeness (QED) is 0.805. The fraction of sp³-hybridized carbons (Fsp3) is 0.300. The van der Waals surface area contributed by atoms with E-state index >= 15 is 0 Å². The van der Waals surface area contributed by atoms with Crippen LogP contribution in [0.25, 0.3) is 0 Å². The largest absolute Gasteiger partial charge is 0.573 e. The maximum Gasteiger partial charge on any atom is 0.573 e. The van der Waals surface area contributed by atoms with Crippen molar-refractivity contribution >= 4 is 19.7 Å². The van der Waals surface area contributed by atoms with E-state index in [-0.39, 0.29) is 12.0 Å². The fourth-order valence-electron chi connectivity index (χ4n) is 1.41. The van der Waals surface area contributed by atoms with E-state index in [2.05, 4.69) is 4.74 Å². The third kappa shape index (κ3) is 4.01. The summed E-state index contributed by atoms with van der Waals surface area (Å²) in [6, 6.07) is 3.12. The maximum atomic E-state index is 12.2. The summed E-state index contributed by atoms with van der Waals surface area (Å²) in [6.45, 7) is 1.58. The molecule has 0 bridgehead atoms. The monoisotopic (exact) mass is 313 g/mol. The van der Waals surface area contributed by atoms with Crippen LogP contribution in [-0.2, 0) is 15.5 Å². The number of aryl methyl sites for hydroxylation is 1. The predicted octanol–water partition coefficient (Wildman–Crippen LogP) is 2.95. The van der Waals surface area contributed by atoms with Crippen molar-refractivity contribution in [2.24, 2.45) is 0 Å². The number of hydrogen-bond donors (Lipinski definition) is 0. The summed E-state index contributed by atoms with van der Waals surface area (Å²) in [4.78, 5) is -0.505. The zero-order valence-corrected chi connectivity index (χ0v) is 11.0. The Hall–Kier alpha value is -1.46. The van der Waals surface area contributed by atoms with Gasteiger partial charge in [0, 0.05) is 16.7 Å². The molecule has 0 aliphatic carbocycles. The SMILES string of the molecule is CCc1cc(C#N)c(OC(F)(F)F)cc1S(=O)(=O)Cl. The minimum atomic E-state index is -5.04. The van der Waals surface area contributed by atoms with Crippen molar-refractivity contribution in [2.75, 3.05) is 0 Å². The Labute approximate surface area is 111 Å². The lowest BCUT2D eigenvalue weighted by Gasteiger charge is -2.13. The van der Waals surface area contributed by atoms with Crippen molar-refractivity contribution in [2.45, 2.75) is 24.6 Å². The Balaban J connectivity index is 3.53. The van der Waals surface area contributed by atoms with Gasteiger partial charge in [0.1, 0.15) is 11.8 Å². The second kappa shape index (κ2) is 5.27. The summed E-state index contributed by atoms with van der Waals surface area (Å²) in [7, 11) is 0.901. The summed E-state index contributed by atoms with van der Waals surface area (Å²) >= 11 is 0. The Morgan fingerprint density at radius 1 is 1.42 bits per heavy atom. The number of hydrogen-bond acceptors (Lipinski definition) is 4. The molecule has 0 saturated heterocycles. The number of rotatable bonds is 3. The fourth-order valence-corrected chi connectivity index (χ4v) is 2.60. The average molecular weight is 314 g/mol. The molecule has 19 heavy (non-hydrogen) atoms. The van der Waals surface area contributed by atoms with E-state index in [9.17, 15) is 21.6 Å². The standard InChI is InChI=1S/C10H7ClF3NO3S/c1-2-6-3-7(5-15)8(18-10(12,13)14)4-9(6)19(11,16)17/h3-4H,2H2,1H3. The van der Waals surface area contributed by atoms with Gasteiger partial charge in [-0.15, -0.1) is 13.2 Å². The van der Waals surface area contributed by atoms with Gasteiger partial charge in [0.25, 0.3) is 9.05 Å². The Kier molecular flexibility index (Phi) is 4.32. The van der Waals surface area contributed by atoms with E-state index in [0.29, 0.717) is 6.07 Å². The molecule has 0 atom stereocenters. The number of benzene rings is 1. The molecule has 0 aliphatic rings. The van der Waals surface area contributed by atoms with Gasteiger partial charge in [-0.25, -0.2) is 8.42 Å². The summed E-state index contributed by atoms with van der Waals surface area (Å²) in [5, 5.41) is 8.75. The summed E-state index contributed by atoms with van der Waals surface area (Å²) in [5.41, 5.74) is -0.278. The van der Waals surface area contributed by atoms with Crippen LogP contribution in [0.15, 0.2) is 17.0 Å². The molecule has 1 aromatic rings. The van der Waals surface area contributed by atoms with E-state index in [4.69, 9.17) is 15.9 Å². The Bertz CT molecular complexity index is 635. The van der Waals surface area contributed by atoms with Crippen LogP contribution < -0.4 is 4.74 Å². The number of ether oxygens (including phenoxy) is 1. The van der Waals surface area contributed by atoms with Gasteiger partial charge in [0.15, 0.2) is 0 Å². The summed E-state index contributed by atoms with van der Waals surface area (Å²) < 4.78 is 62.6. The van der Waals surface area contributed by atoms with Gasteiger partial charge < -0.3 is 4.74 Å². The van der Waals surface area contributed by atoms with Crippen molar-refractivity contribution in [1.82, 2.24) is 0 Å². The topological polar surface area (TPSA) is 67.2 Å². The highest BCUT2D eigenvalue weighted by Gasteiger charge is 2.33. The highest BCUT2D eigenvalue weighted by molar-refractivity contribution is 8.13. The van der Waals surface area contributed by atoms with Gasteiger partial charge in [0.2, 0.25) is 0 Å². The molecule has 9 heteroatoms. The van der Waals surface area contributed by atoms with Gasteiger partial charge in [-0.1, -0.05) is 6.92 Å². The molecule has 1 rings (SSSR count). The minimum absolute atomic E-state index is 0.140. The van der Waals surface area contributed by atoms with Crippen molar-refractivity contribution in [1.29, 1.82) is 5.26 Å². The lowest BCUT2D eigenvalue weighted by atomic mass is 10.1. The third-order valence-corrected chi connectivity index (χ3v) is 3.56. The van der Waals surface area contributed by atoms with Crippen LogP contribution in [0.1, 0.15) is 18.1 Å². The van der Waals surface area contributed by atoms with Gasteiger partial charge in [-0.2, -0.15) is 5.26 Å². The normalized spacial score (nSPS) is 12.0. The molecule has 0 aliphatic heterocycles. The average Bonchev–Trinajstić information content (AvgIpc) is 2.25. The van der Waals surface area contributed by atoms with Crippen molar-refractivity contribution in [3.8, 4) is 11.8 Å². The third-order valence-electron chi connectivity index (χ3n) is 2.15. The number of alkyl halides is 3. The maximum absolute atomic E-state index is 12.2. The van der Waals surface area contributed by atoms with Crippen LogP contribution in [0, 0.1) is 11.3 Å². The lowest BCUT2D eigenvalue weighted by molar-refractivity contribution is -0.274. The number of halogens is 4. The Morgan fingerprint density at radius 2 is 2.00 bits per heavy atom. The zero-order valence-electron chi connectivity index (χ0n) is 9.45. The van der Waals surface area contributed by atoms with Crippen molar-refractivity contribution < 1.29 is 26.3 Å². The highest BCUT2D eigenvalue weighted by Crippen LogP contribution is 2.32. The van der Waals surface area contributed by atoms with Crippen LogP contribution in [0.3, 0.4) is 0 Å². The van der Waals surface area contributed by atoms with Gasteiger partial charge in [-0.3, -0.25) is 0 Å². The van der Waals surface area contributed by atoms with Crippen molar-refractivity contribution in [3.05, 3.63) is 23.3 Å². The number of nitrogens with zero attached hydrogens (tertiary/aromatic N) is 1. The molecule has 0 unspecified atom stereocenters. The van der Waals surface area contributed by atoms with Crippen molar-refractivity contribution in [3.63, 3.8) is 0 Å². The first-order valence-corrected chi connectivity index (χ1v) is 7.17. The molecule has 0 fully saturated rings. The molecule has 0 N–H and O–H groups in total. The molecular formula is C10H7ClF3NO3S. The molecule has 0 spiro atoms. The molecule has 0 saturated carbocycles. The molecular weight excluding hydrogens is 307 g/mol. The van der Waals surface area contributed by atoms with Crippen LogP contribution in [0.2, 0.25) is 0 Å². The zero-order chi connectivity index (χ0) is 14.8. The van der Waals surface area contributed by atoms with Crippen LogP contribution in [0.4, 0.5) is 13.2 Å². The van der Waals surface area contributed by atoms with Gasteiger partial charge >= 0.3 is 6.36 Å². The molecule has 0 amide bonds. The predicted molar refractivity (Wildman–Crippen MR) is 60.3 cm³/mol. The van der Waals surface area contributed by atoms with E-state index in [1.165, 1.54) is 6.07 Å². The van der Waals surface area contributed by atoms with Gasteiger partial charge in [0.05, 0.1) is 10.5 Å². The molecule has 0 radical (unpaired) electrons. The first-order valence-electron chi connectivity index (χ1n) is 4.86. The lowest BCUT2D eigenvalue weighted by Crippen LogP contribution is -2.18. The molecule has 0 heterocycles. The van der Waals surface area contributed by atoms with E-state index < -0.39 is 31.6 Å². The molecule has 1 aromatic carbocycles. The Morgan fingerprint density at radius 3 is 2.37 bits per heavy atom. The first kappa shape index (κ1) is 15.6. The summed E-state index contributed by atoms with van der Waals surface area (Å²) in [5.74, 6) is -0.897. The number of nitriles is 1. The van der Waals surface area contributed by atoms with Crippen LogP contribution >= 0.6 is 10.7 Å². The first-order chi connectivity index (χ1) is 8.58. The second-order valence-corrected chi connectivity index (χ2v) is 5.94. The summed E-state index contributed by atoms with van der Waals surface area (Å²) in [6.07, 6.45) is -4.85. The molecule has 0 aromatic heterocycles. The smallest absolute Gasteiger partial charge is 0.404 e. The van der Waals surface area contributed by atoms with E-state index in [1.54, 1.807) is 6.92 Å². The highest BCUT2D eigenvalue weighted by atomic mass is 35.7. The second-order valence-electron chi connectivity index (χ2n) is 3.41. The van der Waals surface area contributed by atoms with Gasteiger partial charge in [-0.05, 0) is 18.1 Å². The molecule has 104 valence electrons. The van der Waals surface area contributed by atoms with E-state index in [0.717, 1.165) is 6.07 Å². The minimum Gasteiger partial charge on any atom is -0.404 e. The van der Waals surface area contributed by atoms with Crippen LogP contribution in [0.5, 0.6) is 5.75 Å². The van der Waals surface area contributed by atoms with Crippen LogP contribution in [-0.4, -0.2) is 14.8 Å². The van der Waals surface area contributed by atoms with E-state index in [1.807, 2.05) is 0 Å². The molecule has 4 nitrogen and oxygen atoms in total.